The molecule has 0 saturated carbocycles. The molecule has 0 aliphatic carbocycles. The molecule has 2 rings (SSSR count). The van der Waals surface area contributed by atoms with Crippen molar-refractivity contribution in [2.45, 2.75) is 0 Å². The highest BCUT2D eigenvalue weighted by Crippen LogP contribution is 2.18. The molecular formula is C16H15F2NO3. The van der Waals surface area contributed by atoms with Crippen LogP contribution in [0.2, 0.25) is 0 Å². The number of methoxy groups -OCH3 is 1. The van der Waals surface area contributed by atoms with Gasteiger partial charge in [-0.2, -0.15) is 0 Å². The van der Waals surface area contributed by atoms with Crippen LogP contribution in [0, 0.1) is 11.6 Å². The summed E-state index contributed by atoms with van der Waals surface area (Å²) in [4.78, 5) is 11.7. The zero-order chi connectivity index (χ0) is 15.9. The minimum absolute atomic E-state index is 0.115. The number of hydrogen-bond acceptors (Lipinski definition) is 3. The van der Waals surface area contributed by atoms with Gasteiger partial charge in [-0.15, -0.1) is 0 Å². The molecule has 0 saturated heterocycles. The van der Waals surface area contributed by atoms with Crippen LogP contribution in [-0.4, -0.2) is 26.2 Å². The molecule has 0 radical (unpaired) electrons. The summed E-state index contributed by atoms with van der Waals surface area (Å²) in [5.74, 6) is -1.39. The fraction of sp³-hybridized carbons (Fsp3) is 0.188. The van der Waals surface area contributed by atoms with Gasteiger partial charge in [0, 0.05) is 6.07 Å². The van der Waals surface area contributed by atoms with Gasteiger partial charge < -0.3 is 14.8 Å². The van der Waals surface area contributed by atoms with Gasteiger partial charge in [-0.3, -0.25) is 4.79 Å². The second kappa shape index (κ2) is 7.40. The van der Waals surface area contributed by atoms with E-state index in [0.717, 1.165) is 12.1 Å². The zero-order valence-corrected chi connectivity index (χ0v) is 11.9. The summed E-state index contributed by atoms with van der Waals surface area (Å²) in [6, 6.07) is 10.2. The normalized spacial score (nSPS) is 10.1. The van der Waals surface area contributed by atoms with E-state index in [0.29, 0.717) is 11.5 Å². The van der Waals surface area contributed by atoms with E-state index in [1.807, 2.05) is 0 Å². The van der Waals surface area contributed by atoms with Gasteiger partial charge >= 0.3 is 0 Å². The van der Waals surface area contributed by atoms with Crippen LogP contribution in [-0.2, 0) is 0 Å². The molecule has 22 heavy (non-hydrogen) atoms. The lowest BCUT2D eigenvalue weighted by Gasteiger charge is -2.09. The number of hydrogen-bond donors (Lipinski definition) is 1. The van der Waals surface area contributed by atoms with Gasteiger partial charge in [0.1, 0.15) is 35.3 Å². The van der Waals surface area contributed by atoms with Gasteiger partial charge in [-0.05, 0) is 24.3 Å². The highest BCUT2D eigenvalue weighted by molar-refractivity contribution is 5.94. The Hall–Kier alpha value is -2.63. The van der Waals surface area contributed by atoms with Crippen LogP contribution >= 0.6 is 0 Å². The molecule has 0 heterocycles. The van der Waals surface area contributed by atoms with Crippen LogP contribution in [0.4, 0.5) is 8.78 Å². The summed E-state index contributed by atoms with van der Waals surface area (Å²) in [5, 5.41) is 2.40. The lowest BCUT2D eigenvalue weighted by atomic mass is 10.2. The lowest BCUT2D eigenvalue weighted by molar-refractivity contribution is 0.0938. The third kappa shape index (κ3) is 3.94. The Morgan fingerprint density at radius 1 is 1.09 bits per heavy atom. The average molecular weight is 307 g/mol. The van der Waals surface area contributed by atoms with Crippen molar-refractivity contribution in [1.29, 1.82) is 0 Å². The maximum atomic E-state index is 13.4. The van der Waals surface area contributed by atoms with Gasteiger partial charge in [-0.1, -0.05) is 12.1 Å². The van der Waals surface area contributed by atoms with Crippen LogP contribution in [0.25, 0.3) is 0 Å². The topological polar surface area (TPSA) is 47.6 Å². The minimum Gasteiger partial charge on any atom is -0.497 e. The first kappa shape index (κ1) is 15.8. The van der Waals surface area contributed by atoms with Crippen molar-refractivity contribution in [2.75, 3.05) is 20.3 Å². The number of carbonyl (C=O) groups is 1. The Bertz CT molecular complexity index is 641. The van der Waals surface area contributed by atoms with Crippen LogP contribution in [0.3, 0.4) is 0 Å². The Kier molecular flexibility index (Phi) is 5.30. The van der Waals surface area contributed by atoms with E-state index in [2.05, 4.69) is 5.32 Å². The highest BCUT2D eigenvalue weighted by Gasteiger charge is 2.16. The summed E-state index contributed by atoms with van der Waals surface area (Å²) in [6.45, 7) is 0.277. The average Bonchev–Trinajstić information content (AvgIpc) is 2.51. The van der Waals surface area contributed by atoms with Crippen LogP contribution in [0.5, 0.6) is 11.5 Å². The lowest BCUT2D eigenvalue weighted by Crippen LogP contribution is -2.29. The Morgan fingerprint density at radius 3 is 2.41 bits per heavy atom. The first-order valence-electron chi connectivity index (χ1n) is 6.61. The molecule has 0 bridgehead atoms. The first-order chi connectivity index (χ1) is 10.6. The van der Waals surface area contributed by atoms with Crippen molar-refractivity contribution < 1.29 is 23.0 Å². The first-order valence-corrected chi connectivity index (χ1v) is 6.61. The Balaban J connectivity index is 1.85. The molecule has 0 aromatic heterocycles. The molecule has 0 aliphatic rings. The molecule has 6 heteroatoms. The van der Waals surface area contributed by atoms with E-state index in [4.69, 9.17) is 9.47 Å². The van der Waals surface area contributed by atoms with Gasteiger partial charge in [0.15, 0.2) is 0 Å². The number of carbonyl (C=O) groups excluding carboxylic acids is 1. The summed E-state index contributed by atoms with van der Waals surface area (Å²) in [6.07, 6.45) is 0. The van der Waals surface area contributed by atoms with E-state index in [1.165, 1.54) is 6.07 Å². The van der Waals surface area contributed by atoms with Crippen molar-refractivity contribution in [3.05, 3.63) is 59.7 Å². The Labute approximate surface area is 126 Å². The minimum atomic E-state index is -0.897. The van der Waals surface area contributed by atoms with Crippen LogP contribution < -0.4 is 14.8 Å². The number of amides is 1. The number of ether oxygens (including phenoxy) is 2. The number of benzene rings is 2. The van der Waals surface area contributed by atoms with E-state index >= 15 is 0 Å². The third-order valence-corrected chi connectivity index (χ3v) is 2.89. The monoisotopic (exact) mass is 307 g/mol. The zero-order valence-electron chi connectivity index (χ0n) is 11.9. The predicted molar refractivity (Wildman–Crippen MR) is 77.2 cm³/mol. The molecule has 4 nitrogen and oxygen atoms in total. The van der Waals surface area contributed by atoms with Gasteiger partial charge in [0.25, 0.3) is 5.91 Å². The molecule has 0 unspecified atom stereocenters. The SMILES string of the molecule is COc1cccc(OCCNC(=O)c2c(F)cccc2F)c1. The molecule has 0 atom stereocenters. The van der Waals surface area contributed by atoms with E-state index in [1.54, 1.807) is 31.4 Å². The molecule has 0 fully saturated rings. The van der Waals surface area contributed by atoms with Crippen LogP contribution in [0.15, 0.2) is 42.5 Å². The molecule has 1 amide bonds. The fourth-order valence-corrected chi connectivity index (χ4v) is 1.83. The standard InChI is InChI=1S/C16H15F2NO3/c1-21-11-4-2-5-12(10-11)22-9-8-19-16(20)15-13(17)6-3-7-14(15)18/h2-7,10H,8-9H2,1H3,(H,19,20). The van der Waals surface area contributed by atoms with E-state index in [-0.39, 0.29) is 13.2 Å². The van der Waals surface area contributed by atoms with Crippen molar-refractivity contribution >= 4 is 5.91 Å². The maximum Gasteiger partial charge on any atom is 0.257 e. The molecule has 1 N–H and O–H groups in total. The number of rotatable bonds is 6. The molecule has 2 aromatic rings. The van der Waals surface area contributed by atoms with Gasteiger partial charge in [0.05, 0.1) is 13.7 Å². The second-order valence-electron chi connectivity index (χ2n) is 4.38. The third-order valence-electron chi connectivity index (χ3n) is 2.89. The van der Waals surface area contributed by atoms with E-state index < -0.39 is 23.1 Å². The summed E-state index contributed by atoms with van der Waals surface area (Å²) in [7, 11) is 1.54. The second-order valence-corrected chi connectivity index (χ2v) is 4.38. The van der Waals surface area contributed by atoms with Crippen molar-refractivity contribution in [1.82, 2.24) is 5.32 Å². The highest BCUT2D eigenvalue weighted by atomic mass is 19.1. The number of nitrogens with one attached hydrogen (secondary N) is 1. The smallest absolute Gasteiger partial charge is 0.257 e. The van der Waals surface area contributed by atoms with Gasteiger partial charge in [-0.25, -0.2) is 8.78 Å². The van der Waals surface area contributed by atoms with E-state index in [9.17, 15) is 13.6 Å². The molecule has 116 valence electrons. The molecule has 0 spiro atoms. The van der Waals surface area contributed by atoms with Gasteiger partial charge in [0.2, 0.25) is 0 Å². The van der Waals surface area contributed by atoms with Crippen LogP contribution in [0.1, 0.15) is 10.4 Å². The summed E-state index contributed by atoms with van der Waals surface area (Å²) < 4.78 is 37.3. The molecule has 0 aliphatic heterocycles. The van der Waals surface area contributed by atoms with Crippen molar-refractivity contribution in [3.8, 4) is 11.5 Å². The maximum absolute atomic E-state index is 13.4. The predicted octanol–water partition coefficient (Wildman–Crippen LogP) is 2.78. The molecular weight excluding hydrogens is 292 g/mol. The quantitative estimate of drug-likeness (QED) is 0.835. The van der Waals surface area contributed by atoms with Crippen molar-refractivity contribution in [2.24, 2.45) is 0 Å². The fourth-order valence-electron chi connectivity index (χ4n) is 1.83. The Morgan fingerprint density at radius 2 is 1.73 bits per heavy atom. The largest absolute Gasteiger partial charge is 0.497 e. The number of halogens is 2. The molecule has 2 aromatic carbocycles. The summed E-state index contributed by atoms with van der Waals surface area (Å²) in [5.41, 5.74) is -0.594. The van der Waals surface area contributed by atoms with Crippen molar-refractivity contribution in [3.63, 3.8) is 0 Å². The summed E-state index contributed by atoms with van der Waals surface area (Å²) >= 11 is 0.